The molecule has 0 aromatic heterocycles. The zero-order valence-corrected chi connectivity index (χ0v) is 46.1. The summed E-state index contributed by atoms with van der Waals surface area (Å²) in [6, 6.07) is 92.9. The Labute approximate surface area is 433 Å². The summed E-state index contributed by atoms with van der Waals surface area (Å²) in [6.45, 7) is 0. The molecular formula is C67H79P4+3. The standard InChI is InChI=1S/C67H79P4/c1(2-14-36-60-37-15-6-16-38-60)3-31-55-70(64-45-23-10-24-46-64,65-47-25-11-26-48-65)58-35-59-71(66-49-27-12-28-50-66,67-51-29-13-30-52-67)56-33-5-4-32-54-69(62-41-19-8-20-42-62,63-43-21-9-22-44-63)57-34-53-68-61-39-17-7-18-40-61/h6-13,15-30,37-52,68H,1-5,14,31-36,53-59H2/q+3. The maximum Gasteiger partial charge on any atom is 0.0991 e. The first kappa shape index (κ1) is 52.8. The van der Waals surface area contributed by atoms with Gasteiger partial charge in [-0.25, -0.2) is 0 Å². The van der Waals surface area contributed by atoms with Crippen LogP contribution >= 0.6 is 30.4 Å². The van der Waals surface area contributed by atoms with Crippen LogP contribution < -0.4 is 37.1 Å². The second-order valence-electron chi connectivity index (χ2n) is 19.7. The Bertz CT molecular complexity index is 2510. The molecule has 0 bridgehead atoms. The van der Waals surface area contributed by atoms with Crippen molar-refractivity contribution in [3.05, 3.63) is 248 Å². The van der Waals surface area contributed by atoms with Crippen LogP contribution in [0.1, 0.15) is 76.2 Å². The molecule has 0 nitrogen and oxygen atoms in total. The third-order valence-corrected chi connectivity index (χ3v) is 30.6. The fraction of sp³-hybridized carbons (Fsp3) is 0.284. The lowest BCUT2D eigenvalue weighted by molar-refractivity contribution is 0.633. The number of hydrogen-bond acceptors (Lipinski definition) is 0. The Morgan fingerprint density at radius 2 is 0.479 bits per heavy atom. The highest BCUT2D eigenvalue weighted by Gasteiger charge is 2.46. The molecule has 0 saturated carbocycles. The average molecular weight is 1010 g/mol. The van der Waals surface area contributed by atoms with E-state index in [1.807, 2.05) is 0 Å². The van der Waals surface area contributed by atoms with Crippen molar-refractivity contribution in [1.82, 2.24) is 0 Å². The molecule has 0 spiro atoms. The van der Waals surface area contributed by atoms with Gasteiger partial charge < -0.3 is 0 Å². The van der Waals surface area contributed by atoms with Crippen molar-refractivity contribution in [1.29, 1.82) is 0 Å². The summed E-state index contributed by atoms with van der Waals surface area (Å²) in [6.07, 6.45) is 24.4. The summed E-state index contributed by atoms with van der Waals surface area (Å²) < 4.78 is 0. The first-order valence-corrected chi connectivity index (χ1v) is 34.7. The van der Waals surface area contributed by atoms with Crippen molar-refractivity contribution in [2.24, 2.45) is 0 Å². The fourth-order valence-corrected chi connectivity index (χ4v) is 26.5. The molecule has 364 valence electrons. The minimum atomic E-state index is -1.74. The second kappa shape index (κ2) is 28.7. The van der Waals surface area contributed by atoms with Gasteiger partial charge in [-0.1, -0.05) is 191 Å². The molecule has 0 aliphatic rings. The van der Waals surface area contributed by atoms with E-state index in [-0.39, 0.29) is 0 Å². The number of benzene rings is 8. The summed E-state index contributed by atoms with van der Waals surface area (Å²) in [7, 11) is -4.14. The summed E-state index contributed by atoms with van der Waals surface area (Å²) >= 11 is 0. The average Bonchev–Trinajstić information content (AvgIpc) is 3.45. The van der Waals surface area contributed by atoms with Gasteiger partial charge in [-0.15, -0.1) is 0 Å². The smallest absolute Gasteiger partial charge is 0.0903 e. The van der Waals surface area contributed by atoms with Gasteiger partial charge >= 0.3 is 0 Å². The third-order valence-electron chi connectivity index (χ3n) is 15.1. The zero-order valence-electron chi connectivity index (χ0n) is 42.4. The van der Waals surface area contributed by atoms with Gasteiger partial charge in [0.15, 0.2) is 0 Å². The Balaban J connectivity index is 0.985. The Kier molecular flexibility index (Phi) is 21.3. The molecule has 71 heavy (non-hydrogen) atoms. The summed E-state index contributed by atoms with van der Waals surface area (Å²) in [5, 5.41) is 11.1. The van der Waals surface area contributed by atoms with Crippen LogP contribution in [0.15, 0.2) is 243 Å². The molecule has 0 saturated heterocycles. The van der Waals surface area contributed by atoms with E-state index in [1.54, 1.807) is 31.8 Å². The number of aryl methyl sites for hydroxylation is 1. The first-order chi connectivity index (χ1) is 35.2. The SMILES string of the molecule is c1ccc(CCCCCCC[P+](CCC[P+](CCCCCC[P+](CCCPc2ccccc2)(c2ccccc2)c2ccccc2)(c2ccccc2)c2ccccc2)(c2ccccc2)c2ccccc2)cc1. The molecule has 1 atom stereocenters. The van der Waals surface area contributed by atoms with Crippen LogP contribution in [0.5, 0.6) is 0 Å². The zero-order chi connectivity index (χ0) is 48.5. The second-order valence-corrected chi connectivity index (χ2v) is 32.7. The van der Waals surface area contributed by atoms with Crippen molar-refractivity contribution in [3.8, 4) is 0 Å². The molecular weight excluding hydrogens is 929 g/mol. The molecule has 0 aliphatic heterocycles. The molecule has 0 aliphatic carbocycles. The largest absolute Gasteiger partial charge is 0.0991 e. The number of hydrogen-bond donors (Lipinski definition) is 0. The lowest BCUT2D eigenvalue weighted by Gasteiger charge is -2.31. The highest BCUT2D eigenvalue weighted by Crippen LogP contribution is 2.62. The molecule has 0 N–H and O–H groups in total. The summed E-state index contributed by atoms with van der Waals surface area (Å²) in [4.78, 5) is 0. The minimum absolute atomic E-state index is 0.877. The maximum absolute atomic E-state index is 2.49. The van der Waals surface area contributed by atoms with E-state index in [1.165, 1.54) is 131 Å². The van der Waals surface area contributed by atoms with Crippen LogP contribution in [-0.2, 0) is 6.42 Å². The van der Waals surface area contributed by atoms with Gasteiger partial charge in [0.1, 0.15) is 0 Å². The highest BCUT2D eigenvalue weighted by atomic mass is 31.2. The highest BCUT2D eigenvalue weighted by molar-refractivity contribution is 7.90. The number of unbranched alkanes of at least 4 members (excludes halogenated alkanes) is 7. The first-order valence-electron chi connectivity index (χ1n) is 27.0. The molecule has 4 heteroatoms. The van der Waals surface area contributed by atoms with Crippen molar-refractivity contribution in [2.45, 2.75) is 77.0 Å². The predicted molar refractivity (Wildman–Crippen MR) is 327 cm³/mol. The Morgan fingerprint density at radius 1 is 0.225 bits per heavy atom. The predicted octanol–water partition coefficient (Wildman–Crippen LogP) is 15.5. The van der Waals surface area contributed by atoms with E-state index < -0.39 is 21.8 Å². The van der Waals surface area contributed by atoms with Crippen LogP contribution in [0.2, 0.25) is 0 Å². The van der Waals surface area contributed by atoms with E-state index in [0.717, 1.165) is 8.58 Å². The normalized spacial score (nSPS) is 12.1. The Morgan fingerprint density at radius 3 is 0.817 bits per heavy atom. The van der Waals surface area contributed by atoms with Gasteiger partial charge in [-0.05, 0) is 148 Å². The van der Waals surface area contributed by atoms with E-state index in [2.05, 4.69) is 243 Å². The van der Waals surface area contributed by atoms with Gasteiger partial charge in [0.25, 0.3) is 0 Å². The van der Waals surface area contributed by atoms with Crippen LogP contribution in [0.3, 0.4) is 0 Å². The molecule has 8 aromatic carbocycles. The lowest BCUT2D eigenvalue weighted by Crippen LogP contribution is -2.31. The van der Waals surface area contributed by atoms with E-state index >= 15 is 0 Å². The quantitative estimate of drug-likeness (QED) is 0.0311. The monoisotopic (exact) mass is 1010 g/mol. The van der Waals surface area contributed by atoms with Crippen LogP contribution in [0.4, 0.5) is 0 Å². The van der Waals surface area contributed by atoms with Gasteiger partial charge in [-0.3, -0.25) is 0 Å². The van der Waals surface area contributed by atoms with Crippen LogP contribution in [-0.4, -0.2) is 43.1 Å². The van der Waals surface area contributed by atoms with Gasteiger partial charge in [0, 0.05) is 6.42 Å². The number of rotatable bonds is 30. The van der Waals surface area contributed by atoms with Crippen LogP contribution in [0, 0.1) is 0 Å². The molecule has 0 heterocycles. The minimum Gasteiger partial charge on any atom is -0.0903 e. The molecule has 0 radical (unpaired) electrons. The summed E-state index contributed by atoms with van der Waals surface area (Å²) in [5.41, 5.74) is 1.47. The molecule has 1 unspecified atom stereocenters. The Hall–Kier alpha value is -4.52. The fourth-order valence-electron chi connectivity index (χ4n) is 11.4. The maximum atomic E-state index is 2.49. The van der Waals surface area contributed by atoms with Gasteiger partial charge in [0.2, 0.25) is 0 Å². The van der Waals surface area contributed by atoms with Crippen molar-refractivity contribution < 1.29 is 0 Å². The van der Waals surface area contributed by atoms with E-state index in [0.29, 0.717) is 0 Å². The van der Waals surface area contributed by atoms with Crippen LogP contribution in [0.25, 0.3) is 0 Å². The third kappa shape index (κ3) is 14.8. The lowest BCUT2D eigenvalue weighted by atomic mass is 10.1. The van der Waals surface area contributed by atoms with Crippen molar-refractivity contribution >= 4 is 67.5 Å². The molecule has 0 fully saturated rings. The van der Waals surface area contributed by atoms with Crippen molar-refractivity contribution in [3.63, 3.8) is 0 Å². The summed E-state index contributed by atoms with van der Waals surface area (Å²) in [5.74, 6) is 0. The van der Waals surface area contributed by atoms with Gasteiger partial charge in [0.05, 0.1) is 90.6 Å². The van der Waals surface area contributed by atoms with Crippen molar-refractivity contribution in [2.75, 3.05) is 43.1 Å². The molecule has 0 amide bonds. The molecule has 8 aromatic rings. The van der Waals surface area contributed by atoms with E-state index in [4.69, 9.17) is 0 Å². The topological polar surface area (TPSA) is 0 Å². The van der Waals surface area contributed by atoms with Gasteiger partial charge in [-0.2, -0.15) is 0 Å². The van der Waals surface area contributed by atoms with E-state index in [9.17, 15) is 0 Å². The molecule has 8 rings (SSSR count).